The van der Waals surface area contributed by atoms with E-state index in [4.69, 9.17) is 4.84 Å². The number of rotatable bonds is 1. The number of carbonyl (C=O) groups is 1. The highest BCUT2D eigenvalue weighted by Gasteiger charge is 2.25. The maximum Gasteiger partial charge on any atom is 0.278 e. The van der Waals surface area contributed by atoms with Gasteiger partial charge in [-0.1, -0.05) is 30.3 Å². The standard InChI is InChI=1S/C13H11NO2/c1-16-14-8-10-6-2-4-9-5-3-7-11(12(9)10)13(14)15/h2-7H,8H2,1H3. The topological polar surface area (TPSA) is 29.5 Å². The van der Waals surface area contributed by atoms with E-state index in [2.05, 4.69) is 0 Å². The van der Waals surface area contributed by atoms with Crippen LogP contribution in [0.1, 0.15) is 15.9 Å². The summed E-state index contributed by atoms with van der Waals surface area (Å²) in [6.07, 6.45) is 0. The number of hydrogen-bond acceptors (Lipinski definition) is 2. The van der Waals surface area contributed by atoms with Crippen LogP contribution in [0.4, 0.5) is 0 Å². The number of amides is 1. The predicted octanol–water partition coefficient (Wildman–Crippen LogP) is 2.36. The zero-order valence-corrected chi connectivity index (χ0v) is 8.93. The van der Waals surface area contributed by atoms with Gasteiger partial charge in [0.25, 0.3) is 5.91 Å². The first-order chi connectivity index (χ1) is 7.81. The zero-order valence-electron chi connectivity index (χ0n) is 8.93. The Bertz CT molecular complexity index is 572. The number of carbonyl (C=O) groups excluding carboxylic acids is 1. The van der Waals surface area contributed by atoms with Crippen LogP contribution in [0.3, 0.4) is 0 Å². The molecular formula is C13H11NO2. The SMILES string of the molecule is CON1Cc2cccc3cccc(c23)C1=O. The molecule has 1 amide bonds. The Morgan fingerprint density at radius 1 is 1.19 bits per heavy atom. The van der Waals surface area contributed by atoms with Crippen LogP contribution in [-0.2, 0) is 11.4 Å². The fourth-order valence-electron chi connectivity index (χ4n) is 2.24. The van der Waals surface area contributed by atoms with Crippen LogP contribution in [-0.4, -0.2) is 18.1 Å². The second kappa shape index (κ2) is 3.32. The molecule has 1 heterocycles. The van der Waals surface area contributed by atoms with E-state index in [0.29, 0.717) is 6.54 Å². The molecule has 0 atom stereocenters. The van der Waals surface area contributed by atoms with Gasteiger partial charge in [-0.05, 0) is 22.4 Å². The van der Waals surface area contributed by atoms with Crippen molar-refractivity contribution in [2.75, 3.05) is 7.11 Å². The van der Waals surface area contributed by atoms with Crippen LogP contribution in [0.2, 0.25) is 0 Å². The summed E-state index contributed by atoms with van der Waals surface area (Å²) in [6, 6.07) is 11.8. The molecule has 1 aliphatic rings. The molecular weight excluding hydrogens is 202 g/mol. The van der Waals surface area contributed by atoms with E-state index in [1.807, 2.05) is 36.4 Å². The maximum atomic E-state index is 12.0. The van der Waals surface area contributed by atoms with Crippen LogP contribution >= 0.6 is 0 Å². The second-order valence-corrected chi connectivity index (χ2v) is 3.85. The van der Waals surface area contributed by atoms with E-state index in [9.17, 15) is 4.79 Å². The molecule has 3 heteroatoms. The minimum Gasteiger partial charge on any atom is -0.274 e. The minimum absolute atomic E-state index is 0.0631. The van der Waals surface area contributed by atoms with E-state index in [-0.39, 0.29) is 5.91 Å². The zero-order chi connectivity index (χ0) is 11.1. The Hall–Kier alpha value is -1.87. The van der Waals surface area contributed by atoms with Crippen LogP contribution < -0.4 is 0 Å². The highest BCUT2D eigenvalue weighted by molar-refractivity contribution is 6.09. The highest BCUT2D eigenvalue weighted by Crippen LogP contribution is 2.29. The Morgan fingerprint density at radius 2 is 1.94 bits per heavy atom. The van der Waals surface area contributed by atoms with Gasteiger partial charge in [0, 0.05) is 5.56 Å². The second-order valence-electron chi connectivity index (χ2n) is 3.85. The third-order valence-electron chi connectivity index (χ3n) is 2.98. The van der Waals surface area contributed by atoms with Crippen LogP contribution in [0, 0.1) is 0 Å². The van der Waals surface area contributed by atoms with E-state index in [1.54, 1.807) is 0 Å². The lowest BCUT2D eigenvalue weighted by atomic mass is 9.96. The Labute approximate surface area is 93.2 Å². The first kappa shape index (κ1) is 9.36. The molecule has 0 saturated carbocycles. The Morgan fingerprint density at radius 3 is 2.69 bits per heavy atom. The lowest BCUT2D eigenvalue weighted by Crippen LogP contribution is -2.32. The molecule has 3 nitrogen and oxygen atoms in total. The fourth-order valence-corrected chi connectivity index (χ4v) is 2.24. The molecule has 1 aliphatic heterocycles. The molecule has 0 radical (unpaired) electrons. The number of hydroxylamine groups is 2. The lowest BCUT2D eigenvalue weighted by Gasteiger charge is -2.26. The van der Waals surface area contributed by atoms with Gasteiger partial charge in [0.2, 0.25) is 0 Å². The number of benzene rings is 2. The van der Waals surface area contributed by atoms with Gasteiger partial charge in [0.05, 0.1) is 13.7 Å². The molecule has 2 aromatic rings. The summed E-state index contributed by atoms with van der Waals surface area (Å²) in [7, 11) is 1.52. The molecule has 0 unspecified atom stereocenters. The Balaban J connectivity index is 2.35. The molecule has 0 aromatic heterocycles. The van der Waals surface area contributed by atoms with Crippen molar-refractivity contribution >= 4 is 16.7 Å². The molecule has 0 saturated heterocycles. The third-order valence-corrected chi connectivity index (χ3v) is 2.98. The third kappa shape index (κ3) is 1.15. The monoisotopic (exact) mass is 213 g/mol. The van der Waals surface area contributed by atoms with Gasteiger partial charge in [-0.25, -0.2) is 5.06 Å². The van der Waals surface area contributed by atoms with E-state index in [1.165, 1.54) is 12.2 Å². The van der Waals surface area contributed by atoms with Gasteiger partial charge in [-0.15, -0.1) is 0 Å². The van der Waals surface area contributed by atoms with Gasteiger partial charge in [-0.2, -0.15) is 0 Å². The molecule has 0 spiro atoms. The van der Waals surface area contributed by atoms with Crippen molar-refractivity contribution in [3.63, 3.8) is 0 Å². The summed E-state index contributed by atoms with van der Waals surface area (Å²) in [5, 5.41) is 3.55. The number of nitrogens with zero attached hydrogens (tertiary/aromatic N) is 1. The molecule has 16 heavy (non-hydrogen) atoms. The van der Waals surface area contributed by atoms with Crippen LogP contribution in [0.25, 0.3) is 10.8 Å². The lowest BCUT2D eigenvalue weighted by molar-refractivity contribution is -0.102. The van der Waals surface area contributed by atoms with Gasteiger partial charge >= 0.3 is 0 Å². The van der Waals surface area contributed by atoms with E-state index < -0.39 is 0 Å². The first-order valence-corrected chi connectivity index (χ1v) is 5.18. The van der Waals surface area contributed by atoms with Gasteiger partial charge in [0.15, 0.2) is 0 Å². The van der Waals surface area contributed by atoms with Gasteiger partial charge in [-0.3, -0.25) is 9.63 Å². The predicted molar refractivity (Wildman–Crippen MR) is 60.8 cm³/mol. The smallest absolute Gasteiger partial charge is 0.274 e. The summed E-state index contributed by atoms with van der Waals surface area (Å²) in [6.45, 7) is 0.518. The molecule has 0 aliphatic carbocycles. The summed E-state index contributed by atoms with van der Waals surface area (Å²) in [5.74, 6) is -0.0631. The van der Waals surface area contributed by atoms with Crippen molar-refractivity contribution < 1.29 is 9.63 Å². The molecule has 0 bridgehead atoms. The minimum atomic E-state index is -0.0631. The van der Waals surface area contributed by atoms with Crippen LogP contribution in [0.5, 0.6) is 0 Å². The summed E-state index contributed by atoms with van der Waals surface area (Å²) >= 11 is 0. The normalized spacial score (nSPS) is 14.6. The van der Waals surface area contributed by atoms with Crippen LogP contribution in [0.15, 0.2) is 36.4 Å². The summed E-state index contributed by atoms with van der Waals surface area (Å²) in [5.41, 5.74) is 1.86. The molecule has 80 valence electrons. The average Bonchev–Trinajstić information content (AvgIpc) is 2.33. The van der Waals surface area contributed by atoms with Crippen molar-refractivity contribution in [1.82, 2.24) is 5.06 Å². The fraction of sp³-hybridized carbons (Fsp3) is 0.154. The van der Waals surface area contributed by atoms with E-state index in [0.717, 1.165) is 21.9 Å². The summed E-state index contributed by atoms with van der Waals surface area (Å²) in [4.78, 5) is 17.1. The number of hydrogen-bond donors (Lipinski definition) is 0. The molecule has 2 aromatic carbocycles. The van der Waals surface area contributed by atoms with Crippen molar-refractivity contribution in [3.8, 4) is 0 Å². The van der Waals surface area contributed by atoms with E-state index >= 15 is 0 Å². The van der Waals surface area contributed by atoms with Crippen molar-refractivity contribution in [2.45, 2.75) is 6.54 Å². The highest BCUT2D eigenvalue weighted by atomic mass is 16.7. The summed E-state index contributed by atoms with van der Waals surface area (Å²) < 4.78 is 0. The molecule has 0 N–H and O–H groups in total. The Kier molecular flexibility index (Phi) is 1.94. The first-order valence-electron chi connectivity index (χ1n) is 5.18. The van der Waals surface area contributed by atoms with Crippen molar-refractivity contribution in [1.29, 1.82) is 0 Å². The maximum absolute atomic E-state index is 12.0. The van der Waals surface area contributed by atoms with Gasteiger partial charge < -0.3 is 0 Å². The van der Waals surface area contributed by atoms with Crippen molar-refractivity contribution in [3.05, 3.63) is 47.5 Å². The molecule has 0 fully saturated rings. The average molecular weight is 213 g/mol. The van der Waals surface area contributed by atoms with Crippen molar-refractivity contribution in [2.24, 2.45) is 0 Å². The molecule has 3 rings (SSSR count). The largest absolute Gasteiger partial charge is 0.278 e. The quantitative estimate of drug-likeness (QED) is 0.727. The van der Waals surface area contributed by atoms with Gasteiger partial charge in [0.1, 0.15) is 0 Å².